The van der Waals surface area contributed by atoms with Gasteiger partial charge in [0.25, 0.3) is 0 Å². The number of aromatic amines is 1. The average molecular weight is 321 g/mol. The van der Waals surface area contributed by atoms with Gasteiger partial charge in [0.1, 0.15) is 11.4 Å². The Kier molecular flexibility index (Phi) is 3.82. The van der Waals surface area contributed by atoms with E-state index in [0.717, 1.165) is 18.2 Å². The van der Waals surface area contributed by atoms with Crippen molar-refractivity contribution in [1.82, 2.24) is 10.2 Å². The summed E-state index contributed by atoms with van der Waals surface area (Å²) in [5.74, 6) is -1.47. The molecule has 0 spiro atoms. The van der Waals surface area contributed by atoms with E-state index in [-0.39, 0.29) is 27.7 Å². The van der Waals surface area contributed by atoms with Crippen molar-refractivity contribution in [2.24, 2.45) is 0 Å². The van der Waals surface area contributed by atoms with Crippen LogP contribution < -0.4 is 4.74 Å². The number of ether oxygens (including phenoxy) is 1. The Balaban J connectivity index is 2.65. The number of nitrogens with one attached hydrogen (secondary N) is 1. The van der Waals surface area contributed by atoms with Gasteiger partial charge in [0.2, 0.25) is 0 Å². The maximum absolute atomic E-state index is 13.1. The second kappa shape index (κ2) is 5.28. The monoisotopic (exact) mass is 320 g/mol. The van der Waals surface area contributed by atoms with E-state index in [1.807, 2.05) is 0 Å². The zero-order chi connectivity index (χ0) is 15.8. The predicted octanol–water partition coefficient (Wildman–Crippen LogP) is 3.46. The summed E-state index contributed by atoms with van der Waals surface area (Å²) in [5.41, 5.74) is -1.86. The van der Waals surface area contributed by atoms with Crippen LogP contribution in [0.4, 0.5) is 13.2 Å². The number of carbonyl (C=O) groups is 1. The van der Waals surface area contributed by atoms with Gasteiger partial charge < -0.3 is 9.84 Å². The quantitative estimate of drug-likeness (QED) is 0.908. The van der Waals surface area contributed by atoms with Crippen molar-refractivity contribution in [3.8, 4) is 17.0 Å². The van der Waals surface area contributed by atoms with Crippen molar-refractivity contribution in [1.29, 1.82) is 0 Å². The van der Waals surface area contributed by atoms with Crippen LogP contribution in [0.25, 0.3) is 11.3 Å². The van der Waals surface area contributed by atoms with Gasteiger partial charge in [-0.15, -0.1) is 0 Å². The smallest absolute Gasteiger partial charge is 0.417 e. The summed E-state index contributed by atoms with van der Waals surface area (Å²) in [6.45, 7) is 0. The molecule has 5 nitrogen and oxygen atoms in total. The lowest BCUT2D eigenvalue weighted by atomic mass is 10.0. The fourth-order valence-corrected chi connectivity index (χ4v) is 1.97. The average Bonchev–Trinajstić information content (AvgIpc) is 2.86. The molecular weight excluding hydrogens is 313 g/mol. The van der Waals surface area contributed by atoms with E-state index in [0.29, 0.717) is 0 Å². The van der Waals surface area contributed by atoms with Crippen LogP contribution in [-0.2, 0) is 6.18 Å². The number of aromatic carboxylic acids is 1. The van der Waals surface area contributed by atoms with Gasteiger partial charge in [-0.2, -0.15) is 18.3 Å². The highest BCUT2D eigenvalue weighted by Crippen LogP contribution is 2.41. The van der Waals surface area contributed by atoms with Gasteiger partial charge in [0, 0.05) is 5.56 Å². The molecule has 1 heterocycles. The van der Waals surface area contributed by atoms with Gasteiger partial charge in [-0.05, 0) is 18.2 Å². The minimum Gasteiger partial charge on any atom is -0.495 e. The fourth-order valence-electron chi connectivity index (χ4n) is 1.73. The summed E-state index contributed by atoms with van der Waals surface area (Å²) in [4.78, 5) is 10.8. The highest BCUT2D eigenvalue weighted by atomic mass is 35.5. The third-order valence-corrected chi connectivity index (χ3v) is 2.98. The van der Waals surface area contributed by atoms with Crippen LogP contribution in [-0.4, -0.2) is 28.4 Å². The van der Waals surface area contributed by atoms with Gasteiger partial charge >= 0.3 is 12.1 Å². The molecule has 0 aliphatic rings. The van der Waals surface area contributed by atoms with Gasteiger partial charge in [0.15, 0.2) is 0 Å². The number of methoxy groups -OCH3 is 1. The Bertz CT molecular complexity index is 698. The second-order valence-corrected chi connectivity index (χ2v) is 4.41. The first-order valence-corrected chi connectivity index (χ1v) is 5.85. The van der Waals surface area contributed by atoms with Crippen LogP contribution in [0.5, 0.6) is 5.75 Å². The second-order valence-electron chi connectivity index (χ2n) is 4.00. The predicted molar refractivity (Wildman–Crippen MR) is 67.5 cm³/mol. The number of nitrogens with zero attached hydrogens (tertiary/aromatic N) is 1. The van der Waals surface area contributed by atoms with E-state index in [1.165, 1.54) is 7.11 Å². The summed E-state index contributed by atoms with van der Waals surface area (Å²) in [7, 11) is 1.19. The van der Waals surface area contributed by atoms with E-state index >= 15 is 0 Å². The van der Waals surface area contributed by atoms with Crippen LogP contribution in [0, 0.1) is 0 Å². The van der Waals surface area contributed by atoms with Crippen LogP contribution >= 0.6 is 11.6 Å². The van der Waals surface area contributed by atoms with Crippen molar-refractivity contribution in [3.05, 3.63) is 34.5 Å². The molecule has 0 fully saturated rings. The van der Waals surface area contributed by atoms with Crippen molar-refractivity contribution in [2.75, 3.05) is 7.11 Å². The summed E-state index contributed by atoms with van der Waals surface area (Å²) < 4.78 is 44.0. The maximum Gasteiger partial charge on any atom is 0.417 e. The molecule has 2 N–H and O–H groups in total. The molecule has 0 saturated carbocycles. The first-order valence-electron chi connectivity index (χ1n) is 5.48. The van der Waals surface area contributed by atoms with Crippen molar-refractivity contribution in [2.45, 2.75) is 6.18 Å². The number of hydrogen-bond acceptors (Lipinski definition) is 3. The summed E-state index contributed by atoms with van der Waals surface area (Å²) in [6, 6.07) is 2.77. The molecule has 2 rings (SSSR count). The zero-order valence-electron chi connectivity index (χ0n) is 10.5. The Hall–Kier alpha value is -2.22. The molecule has 9 heteroatoms. The lowest BCUT2D eigenvalue weighted by Gasteiger charge is -2.14. The molecule has 0 atom stereocenters. The largest absolute Gasteiger partial charge is 0.495 e. The number of carboxylic acid groups (broad SMARTS) is 1. The fraction of sp³-hybridized carbons (Fsp3) is 0.167. The number of aromatic nitrogens is 2. The number of hydrogen-bond donors (Lipinski definition) is 2. The molecule has 21 heavy (non-hydrogen) atoms. The summed E-state index contributed by atoms with van der Waals surface area (Å²) in [6.07, 6.45) is -4.67. The summed E-state index contributed by atoms with van der Waals surface area (Å²) in [5, 5.41) is 14.4. The van der Waals surface area contributed by atoms with Gasteiger partial charge in [-0.25, -0.2) is 4.79 Å². The highest BCUT2D eigenvalue weighted by molar-refractivity contribution is 6.32. The van der Waals surface area contributed by atoms with E-state index in [1.54, 1.807) is 0 Å². The maximum atomic E-state index is 13.1. The molecule has 0 saturated heterocycles. The number of H-pyrrole nitrogens is 1. The normalized spacial score (nSPS) is 11.5. The molecule has 0 radical (unpaired) electrons. The van der Waals surface area contributed by atoms with Gasteiger partial charge in [-0.1, -0.05) is 11.6 Å². The number of alkyl halides is 3. The number of carboxylic acids is 1. The van der Waals surface area contributed by atoms with E-state index in [4.69, 9.17) is 21.4 Å². The van der Waals surface area contributed by atoms with Crippen molar-refractivity contribution in [3.63, 3.8) is 0 Å². The molecule has 0 bridgehead atoms. The van der Waals surface area contributed by atoms with Gasteiger partial charge in [-0.3, -0.25) is 5.10 Å². The van der Waals surface area contributed by atoms with Crippen molar-refractivity contribution < 1.29 is 27.8 Å². The number of rotatable bonds is 3. The lowest BCUT2D eigenvalue weighted by molar-refractivity contribution is -0.137. The Morgan fingerprint density at radius 2 is 2.05 bits per heavy atom. The molecule has 0 unspecified atom stereocenters. The summed E-state index contributed by atoms with van der Waals surface area (Å²) >= 11 is 5.82. The van der Waals surface area contributed by atoms with E-state index in [2.05, 4.69) is 10.2 Å². The minimum absolute atomic E-state index is 0.0413. The Morgan fingerprint density at radius 3 is 2.52 bits per heavy atom. The molecule has 0 amide bonds. The highest BCUT2D eigenvalue weighted by Gasteiger charge is 2.35. The standard InChI is InChI=1S/C12H8ClF3N2O3/c1-21-10-3-6(12(14,15)16)5(2-7(10)13)8-4-9(11(19)20)18-17-8/h2-4H,1H3,(H,17,18)(H,19,20). The van der Waals surface area contributed by atoms with E-state index in [9.17, 15) is 18.0 Å². The SMILES string of the molecule is COc1cc(C(F)(F)F)c(-c2cc(C(=O)O)[nH]n2)cc1Cl. The molecule has 1 aromatic carbocycles. The zero-order valence-corrected chi connectivity index (χ0v) is 11.2. The van der Waals surface area contributed by atoms with E-state index < -0.39 is 17.7 Å². The van der Waals surface area contributed by atoms with Crippen LogP contribution in [0.15, 0.2) is 18.2 Å². The van der Waals surface area contributed by atoms with Gasteiger partial charge in [0.05, 0.1) is 23.4 Å². The van der Waals surface area contributed by atoms with Crippen LogP contribution in [0.1, 0.15) is 16.1 Å². The minimum atomic E-state index is -4.67. The number of benzene rings is 1. The Labute approximate surface area is 121 Å². The van der Waals surface area contributed by atoms with Crippen molar-refractivity contribution >= 4 is 17.6 Å². The molecule has 1 aromatic heterocycles. The molecule has 2 aromatic rings. The van der Waals surface area contributed by atoms with Crippen LogP contribution in [0.2, 0.25) is 5.02 Å². The first kappa shape index (κ1) is 15.2. The molecule has 112 valence electrons. The topological polar surface area (TPSA) is 75.2 Å². The Morgan fingerprint density at radius 1 is 1.38 bits per heavy atom. The molecule has 0 aliphatic heterocycles. The number of halogens is 4. The first-order chi connectivity index (χ1) is 9.74. The molecule has 0 aliphatic carbocycles. The third-order valence-electron chi connectivity index (χ3n) is 2.68. The third kappa shape index (κ3) is 2.94. The van der Waals surface area contributed by atoms with Crippen LogP contribution in [0.3, 0.4) is 0 Å². The molecular formula is C12H8ClF3N2O3. The lowest BCUT2D eigenvalue weighted by Crippen LogP contribution is -2.08.